The first kappa shape index (κ1) is 8.89. The van der Waals surface area contributed by atoms with E-state index in [4.69, 9.17) is 5.11 Å². The highest BCUT2D eigenvalue weighted by Crippen LogP contribution is 2.18. The zero-order valence-electron chi connectivity index (χ0n) is 5.10. The second-order valence-electron chi connectivity index (χ2n) is 1.74. The molecule has 0 amide bonds. The van der Waals surface area contributed by atoms with Crippen molar-refractivity contribution in [2.75, 3.05) is 0 Å². The van der Waals surface area contributed by atoms with Crippen molar-refractivity contribution in [3.8, 4) is 12.3 Å². The van der Waals surface area contributed by atoms with E-state index in [2.05, 4.69) is 6.42 Å². The van der Waals surface area contributed by atoms with Gasteiger partial charge >= 0.3 is 11.9 Å². The number of aliphatic carboxylic acids is 1. The van der Waals surface area contributed by atoms with E-state index in [0.717, 1.165) is 0 Å². The molecule has 1 N–H and O–H groups in total. The Morgan fingerprint density at radius 1 is 1.70 bits per heavy atom. The Morgan fingerprint density at radius 2 is 2.20 bits per heavy atom. The lowest BCUT2D eigenvalue weighted by atomic mass is 10.2. The average Bonchev–Trinajstić information content (AvgIpc) is 1.85. The molecule has 0 unspecified atom stereocenters. The summed E-state index contributed by atoms with van der Waals surface area (Å²) in [6.45, 7) is 0. The molecule has 4 heteroatoms. The van der Waals surface area contributed by atoms with Crippen molar-refractivity contribution in [2.24, 2.45) is 0 Å². The topological polar surface area (TPSA) is 37.3 Å². The number of carboxylic acids is 1. The van der Waals surface area contributed by atoms with Gasteiger partial charge in [0, 0.05) is 6.42 Å². The van der Waals surface area contributed by atoms with Crippen molar-refractivity contribution in [1.82, 2.24) is 0 Å². The minimum absolute atomic E-state index is 0.600. The summed E-state index contributed by atoms with van der Waals surface area (Å²) in [6.07, 6.45) is 3.01. The van der Waals surface area contributed by atoms with Gasteiger partial charge in [-0.1, -0.05) is 0 Å². The van der Waals surface area contributed by atoms with Crippen LogP contribution in [0.15, 0.2) is 0 Å². The first-order valence-corrected chi connectivity index (χ1v) is 2.55. The van der Waals surface area contributed by atoms with Gasteiger partial charge in [-0.15, -0.1) is 6.42 Å². The van der Waals surface area contributed by atoms with Crippen molar-refractivity contribution in [3.05, 3.63) is 0 Å². The molecule has 0 aromatic heterocycles. The number of carbonyl (C=O) groups is 1. The Morgan fingerprint density at radius 3 is 2.50 bits per heavy atom. The van der Waals surface area contributed by atoms with Crippen LogP contribution in [-0.2, 0) is 4.79 Å². The zero-order chi connectivity index (χ0) is 8.20. The van der Waals surface area contributed by atoms with Crippen LogP contribution in [0.25, 0.3) is 0 Å². The van der Waals surface area contributed by atoms with Crippen LogP contribution >= 0.6 is 0 Å². The van der Waals surface area contributed by atoms with Gasteiger partial charge in [0.25, 0.3) is 0 Å². The first-order valence-electron chi connectivity index (χ1n) is 2.55. The molecular weight excluding hydrogens is 142 g/mol. The third-order valence-corrected chi connectivity index (χ3v) is 0.864. The molecule has 0 rings (SSSR count). The molecule has 0 aliphatic heterocycles. The summed E-state index contributed by atoms with van der Waals surface area (Å²) < 4.78 is 24.0. The van der Waals surface area contributed by atoms with Gasteiger partial charge in [0.15, 0.2) is 0 Å². The summed E-state index contributed by atoms with van der Waals surface area (Å²) in [4.78, 5) is 9.76. The van der Waals surface area contributed by atoms with Gasteiger partial charge in [0.05, 0.1) is 6.42 Å². The monoisotopic (exact) mass is 148 g/mol. The molecule has 10 heavy (non-hydrogen) atoms. The fraction of sp³-hybridized carbons (Fsp3) is 0.500. The molecule has 0 spiro atoms. The molecule has 0 aromatic rings. The normalized spacial score (nSPS) is 10.5. The summed E-state index contributed by atoms with van der Waals surface area (Å²) in [7, 11) is 0. The molecular formula is C6H6F2O2. The summed E-state index contributed by atoms with van der Waals surface area (Å²) in [6, 6.07) is 0. The van der Waals surface area contributed by atoms with Crippen LogP contribution in [0.4, 0.5) is 8.78 Å². The third-order valence-electron chi connectivity index (χ3n) is 0.864. The maximum Gasteiger partial charge on any atom is 0.308 e. The van der Waals surface area contributed by atoms with Crippen LogP contribution in [0.5, 0.6) is 0 Å². The van der Waals surface area contributed by atoms with Gasteiger partial charge in [-0.2, -0.15) is 8.78 Å². The maximum atomic E-state index is 12.0. The summed E-state index contributed by atoms with van der Waals surface area (Å²) in [5.74, 6) is -3.35. The molecule has 0 saturated carbocycles. The van der Waals surface area contributed by atoms with Gasteiger partial charge < -0.3 is 5.11 Å². The molecule has 0 atom stereocenters. The van der Waals surface area contributed by atoms with Gasteiger partial charge in [-0.25, -0.2) is 0 Å². The third kappa shape index (κ3) is 3.84. The minimum Gasteiger partial charge on any atom is -0.481 e. The number of hydrogen-bond acceptors (Lipinski definition) is 1. The Kier molecular flexibility index (Phi) is 2.81. The minimum atomic E-state index is -3.28. The Labute approximate surface area is 56.9 Å². The van der Waals surface area contributed by atoms with Crippen LogP contribution in [-0.4, -0.2) is 17.0 Å². The number of carboxylic acid groups (broad SMARTS) is 1. The SMILES string of the molecule is C#CC(F)(F)CCC(=O)O. The van der Waals surface area contributed by atoms with Crippen molar-refractivity contribution < 1.29 is 18.7 Å². The van der Waals surface area contributed by atoms with Gasteiger partial charge in [-0.05, 0) is 5.92 Å². The van der Waals surface area contributed by atoms with E-state index in [9.17, 15) is 13.6 Å². The quantitative estimate of drug-likeness (QED) is 0.609. The lowest BCUT2D eigenvalue weighted by Gasteiger charge is -2.04. The Hall–Kier alpha value is -1.11. The molecule has 0 radical (unpaired) electrons. The predicted octanol–water partition coefficient (Wildman–Crippen LogP) is 1.12. The van der Waals surface area contributed by atoms with E-state index in [1.807, 2.05) is 0 Å². The largest absolute Gasteiger partial charge is 0.481 e. The molecule has 0 bridgehead atoms. The van der Waals surface area contributed by atoms with E-state index in [1.54, 1.807) is 0 Å². The Bertz CT molecular complexity index is 169. The first-order chi connectivity index (χ1) is 4.48. The van der Waals surface area contributed by atoms with Crippen LogP contribution in [0.3, 0.4) is 0 Å². The number of rotatable bonds is 3. The number of terminal acetylenes is 1. The fourth-order valence-corrected chi connectivity index (χ4v) is 0.336. The van der Waals surface area contributed by atoms with E-state index in [1.165, 1.54) is 5.92 Å². The lowest BCUT2D eigenvalue weighted by Crippen LogP contribution is -2.14. The van der Waals surface area contributed by atoms with E-state index in [-0.39, 0.29) is 0 Å². The highest BCUT2D eigenvalue weighted by molar-refractivity contribution is 5.66. The number of hydrogen-bond donors (Lipinski definition) is 1. The summed E-state index contributed by atoms with van der Waals surface area (Å²) in [5, 5.41) is 7.97. The van der Waals surface area contributed by atoms with Crippen LogP contribution in [0.2, 0.25) is 0 Å². The highest BCUT2D eigenvalue weighted by atomic mass is 19.3. The molecule has 0 saturated heterocycles. The summed E-state index contributed by atoms with van der Waals surface area (Å²) >= 11 is 0. The van der Waals surface area contributed by atoms with E-state index in [0.29, 0.717) is 0 Å². The lowest BCUT2D eigenvalue weighted by molar-refractivity contribution is -0.138. The molecule has 0 aromatic carbocycles. The maximum absolute atomic E-state index is 12.0. The van der Waals surface area contributed by atoms with Gasteiger partial charge in [0.2, 0.25) is 0 Å². The molecule has 2 nitrogen and oxygen atoms in total. The van der Waals surface area contributed by atoms with Crippen LogP contribution < -0.4 is 0 Å². The van der Waals surface area contributed by atoms with Gasteiger partial charge in [0.1, 0.15) is 0 Å². The van der Waals surface area contributed by atoms with Crippen molar-refractivity contribution in [3.63, 3.8) is 0 Å². The predicted molar refractivity (Wildman–Crippen MR) is 30.6 cm³/mol. The van der Waals surface area contributed by atoms with E-state index >= 15 is 0 Å². The zero-order valence-corrected chi connectivity index (χ0v) is 5.10. The van der Waals surface area contributed by atoms with E-state index < -0.39 is 24.7 Å². The number of alkyl halides is 2. The second kappa shape index (κ2) is 3.16. The van der Waals surface area contributed by atoms with Crippen molar-refractivity contribution in [2.45, 2.75) is 18.8 Å². The van der Waals surface area contributed by atoms with Crippen LogP contribution in [0.1, 0.15) is 12.8 Å². The Balaban J connectivity index is 3.71. The molecule has 56 valence electrons. The molecule has 0 heterocycles. The molecule has 0 fully saturated rings. The van der Waals surface area contributed by atoms with Crippen LogP contribution in [0, 0.1) is 12.3 Å². The average molecular weight is 148 g/mol. The summed E-state index contributed by atoms with van der Waals surface area (Å²) in [5.41, 5.74) is 0. The van der Waals surface area contributed by atoms with Crippen molar-refractivity contribution in [1.29, 1.82) is 0 Å². The smallest absolute Gasteiger partial charge is 0.308 e. The highest BCUT2D eigenvalue weighted by Gasteiger charge is 2.25. The molecule has 0 aliphatic carbocycles. The molecule has 0 aliphatic rings. The standard InChI is InChI=1S/C6H6F2O2/c1-2-6(7,8)4-3-5(9)10/h1H,3-4H2,(H,9,10). The second-order valence-corrected chi connectivity index (χ2v) is 1.74. The van der Waals surface area contributed by atoms with Crippen molar-refractivity contribution >= 4 is 5.97 Å². The van der Waals surface area contributed by atoms with Gasteiger partial charge in [-0.3, -0.25) is 4.79 Å². The fourth-order valence-electron chi connectivity index (χ4n) is 0.336. The number of halogens is 2.